The van der Waals surface area contributed by atoms with Gasteiger partial charge in [-0.25, -0.2) is 0 Å². The van der Waals surface area contributed by atoms with E-state index in [4.69, 9.17) is 9.15 Å². The maximum Gasteiger partial charge on any atom is 0.223 e. The van der Waals surface area contributed by atoms with E-state index >= 15 is 0 Å². The highest BCUT2D eigenvalue weighted by molar-refractivity contribution is 5.83. The highest BCUT2D eigenvalue weighted by Crippen LogP contribution is 2.19. The van der Waals surface area contributed by atoms with E-state index in [1.54, 1.807) is 0 Å². The maximum absolute atomic E-state index is 12.7. The molecule has 0 aliphatic carbocycles. The van der Waals surface area contributed by atoms with Gasteiger partial charge in [0.25, 0.3) is 0 Å². The SMILES string of the molecule is CCCN(C[C@H]1CCCO1)C(=O)CCc1nnc(CCc2c[nH]c3ccccc23)o1. The number of carbonyl (C=O) groups is 1. The van der Waals surface area contributed by atoms with Crippen LogP contribution < -0.4 is 0 Å². The van der Waals surface area contributed by atoms with E-state index in [2.05, 4.69) is 34.2 Å². The summed E-state index contributed by atoms with van der Waals surface area (Å²) in [7, 11) is 0. The van der Waals surface area contributed by atoms with E-state index in [1.807, 2.05) is 23.2 Å². The van der Waals surface area contributed by atoms with Crippen molar-refractivity contribution in [3.05, 3.63) is 47.8 Å². The molecule has 0 saturated carbocycles. The number of rotatable bonds is 10. The predicted octanol–water partition coefficient (Wildman–Crippen LogP) is 3.69. The Bertz CT molecular complexity index is 958. The molecule has 1 saturated heterocycles. The summed E-state index contributed by atoms with van der Waals surface area (Å²) in [6, 6.07) is 8.25. The molecule has 3 heterocycles. The first-order valence-electron chi connectivity index (χ1n) is 11.0. The summed E-state index contributed by atoms with van der Waals surface area (Å²) in [6.45, 7) is 4.35. The quantitative estimate of drug-likeness (QED) is 0.551. The van der Waals surface area contributed by atoms with Crippen molar-refractivity contribution in [2.24, 2.45) is 0 Å². The molecule has 0 spiro atoms. The van der Waals surface area contributed by atoms with Gasteiger partial charge in [-0.1, -0.05) is 25.1 Å². The Labute approximate surface area is 176 Å². The largest absolute Gasteiger partial charge is 0.425 e. The third-order valence-electron chi connectivity index (χ3n) is 5.64. The number of hydrogen-bond acceptors (Lipinski definition) is 5. The molecule has 1 aliphatic rings. The van der Waals surface area contributed by atoms with Crippen LogP contribution in [0.25, 0.3) is 10.9 Å². The molecular formula is C23H30N4O3. The van der Waals surface area contributed by atoms with Gasteiger partial charge < -0.3 is 19.0 Å². The van der Waals surface area contributed by atoms with Crippen LogP contribution in [0.3, 0.4) is 0 Å². The number of carbonyl (C=O) groups excluding carboxylic acids is 1. The Morgan fingerprint density at radius 1 is 1.20 bits per heavy atom. The average molecular weight is 411 g/mol. The summed E-state index contributed by atoms with van der Waals surface area (Å²) >= 11 is 0. The maximum atomic E-state index is 12.7. The molecule has 4 rings (SSSR count). The van der Waals surface area contributed by atoms with Gasteiger partial charge in [-0.05, 0) is 37.3 Å². The fourth-order valence-electron chi connectivity index (χ4n) is 4.06. The summed E-state index contributed by atoms with van der Waals surface area (Å²) in [5.41, 5.74) is 2.38. The lowest BCUT2D eigenvalue weighted by Crippen LogP contribution is -2.38. The van der Waals surface area contributed by atoms with Crippen molar-refractivity contribution in [2.75, 3.05) is 19.7 Å². The van der Waals surface area contributed by atoms with Gasteiger partial charge in [0.2, 0.25) is 17.7 Å². The summed E-state index contributed by atoms with van der Waals surface area (Å²) < 4.78 is 11.5. The molecule has 1 aliphatic heterocycles. The Morgan fingerprint density at radius 3 is 2.83 bits per heavy atom. The number of aromatic nitrogens is 3. The second-order valence-electron chi connectivity index (χ2n) is 7.92. The molecule has 0 bridgehead atoms. The molecule has 0 unspecified atom stereocenters. The number of nitrogens with zero attached hydrogens (tertiary/aromatic N) is 3. The predicted molar refractivity (Wildman–Crippen MR) is 114 cm³/mol. The minimum absolute atomic E-state index is 0.130. The van der Waals surface area contributed by atoms with Crippen LogP contribution in [0.1, 0.15) is 50.0 Å². The Morgan fingerprint density at radius 2 is 2.03 bits per heavy atom. The van der Waals surface area contributed by atoms with Crippen LogP contribution in [-0.2, 0) is 28.8 Å². The summed E-state index contributed by atoms with van der Waals surface area (Å²) in [5, 5.41) is 9.53. The first kappa shape index (κ1) is 20.6. The highest BCUT2D eigenvalue weighted by Gasteiger charge is 2.22. The molecular weight excluding hydrogens is 380 g/mol. The van der Waals surface area contributed by atoms with Crippen molar-refractivity contribution in [3.8, 4) is 0 Å². The van der Waals surface area contributed by atoms with Crippen LogP contribution in [0.2, 0.25) is 0 Å². The number of benzene rings is 1. The Balaban J connectivity index is 1.27. The van der Waals surface area contributed by atoms with Crippen LogP contribution in [0.15, 0.2) is 34.9 Å². The number of ether oxygens (including phenoxy) is 1. The molecule has 7 nitrogen and oxygen atoms in total. The summed E-state index contributed by atoms with van der Waals surface area (Å²) in [6.07, 6.45) is 7.66. The van der Waals surface area contributed by atoms with Gasteiger partial charge in [0.05, 0.1) is 6.10 Å². The van der Waals surface area contributed by atoms with E-state index in [9.17, 15) is 4.79 Å². The van der Waals surface area contributed by atoms with Crippen molar-refractivity contribution in [2.45, 2.75) is 58.0 Å². The zero-order valence-corrected chi connectivity index (χ0v) is 17.6. The minimum Gasteiger partial charge on any atom is -0.425 e. The van der Waals surface area contributed by atoms with Crippen molar-refractivity contribution < 1.29 is 13.9 Å². The third-order valence-corrected chi connectivity index (χ3v) is 5.64. The van der Waals surface area contributed by atoms with Crippen molar-refractivity contribution in [1.82, 2.24) is 20.1 Å². The third kappa shape index (κ3) is 5.08. The molecule has 30 heavy (non-hydrogen) atoms. The lowest BCUT2D eigenvalue weighted by molar-refractivity contribution is -0.132. The van der Waals surface area contributed by atoms with Gasteiger partial charge in [-0.2, -0.15) is 0 Å². The molecule has 1 atom stereocenters. The molecule has 7 heteroatoms. The fraction of sp³-hybridized carbons (Fsp3) is 0.522. The van der Waals surface area contributed by atoms with Crippen molar-refractivity contribution in [3.63, 3.8) is 0 Å². The zero-order chi connectivity index (χ0) is 20.8. The number of aromatic amines is 1. The molecule has 160 valence electrons. The number of hydrogen-bond donors (Lipinski definition) is 1. The van der Waals surface area contributed by atoms with Gasteiger partial charge in [-0.15, -0.1) is 10.2 Å². The lowest BCUT2D eigenvalue weighted by Gasteiger charge is -2.25. The first-order valence-corrected chi connectivity index (χ1v) is 11.0. The highest BCUT2D eigenvalue weighted by atomic mass is 16.5. The van der Waals surface area contributed by atoms with E-state index in [0.717, 1.165) is 44.4 Å². The fourth-order valence-corrected chi connectivity index (χ4v) is 4.06. The molecule has 2 aromatic heterocycles. The molecule has 0 radical (unpaired) electrons. The zero-order valence-electron chi connectivity index (χ0n) is 17.6. The molecule has 1 fully saturated rings. The molecule has 1 amide bonds. The van der Waals surface area contributed by atoms with Crippen LogP contribution >= 0.6 is 0 Å². The van der Waals surface area contributed by atoms with Gasteiger partial charge >= 0.3 is 0 Å². The van der Waals surface area contributed by atoms with Gasteiger partial charge in [-0.3, -0.25) is 4.79 Å². The number of H-pyrrole nitrogens is 1. The number of amides is 1. The van der Waals surface area contributed by atoms with Crippen molar-refractivity contribution in [1.29, 1.82) is 0 Å². The minimum atomic E-state index is 0.130. The first-order chi connectivity index (χ1) is 14.7. The van der Waals surface area contributed by atoms with Gasteiger partial charge in [0, 0.05) is 56.1 Å². The van der Waals surface area contributed by atoms with Crippen LogP contribution in [0.4, 0.5) is 0 Å². The Kier molecular flexibility index (Phi) is 6.79. The van der Waals surface area contributed by atoms with Crippen LogP contribution in [0.5, 0.6) is 0 Å². The second kappa shape index (κ2) is 9.89. The molecule has 3 aromatic rings. The van der Waals surface area contributed by atoms with Gasteiger partial charge in [0.15, 0.2) is 0 Å². The van der Waals surface area contributed by atoms with E-state index in [1.165, 1.54) is 10.9 Å². The summed E-state index contributed by atoms with van der Waals surface area (Å²) in [4.78, 5) is 17.9. The van der Waals surface area contributed by atoms with E-state index in [0.29, 0.717) is 37.6 Å². The average Bonchev–Trinajstić information content (AvgIpc) is 3.51. The van der Waals surface area contributed by atoms with E-state index < -0.39 is 0 Å². The number of nitrogens with one attached hydrogen (secondary N) is 1. The van der Waals surface area contributed by atoms with Crippen molar-refractivity contribution >= 4 is 16.8 Å². The number of aryl methyl sites for hydroxylation is 3. The van der Waals surface area contributed by atoms with Crippen LogP contribution in [-0.4, -0.2) is 51.8 Å². The summed E-state index contributed by atoms with van der Waals surface area (Å²) in [5.74, 6) is 1.28. The van der Waals surface area contributed by atoms with E-state index in [-0.39, 0.29) is 12.0 Å². The normalized spacial score (nSPS) is 16.4. The van der Waals surface area contributed by atoms with Gasteiger partial charge in [0.1, 0.15) is 0 Å². The monoisotopic (exact) mass is 410 g/mol. The second-order valence-corrected chi connectivity index (χ2v) is 7.92. The molecule has 1 aromatic carbocycles. The topological polar surface area (TPSA) is 84.2 Å². The molecule has 1 N–H and O–H groups in total. The smallest absolute Gasteiger partial charge is 0.223 e. The Hall–Kier alpha value is -2.67. The number of para-hydroxylation sites is 1. The number of fused-ring (bicyclic) bond motifs is 1. The standard InChI is InChI=1S/C23H30N4O3/c1-2-13-27(16-18-6-5-14-29-18)23(28)12-11-22-26-25-21(30-22)10-9-17-15-24-20-8-4-3-7-19(17)20/h3-4,7-8,15,18,24H,2,5-6,9-14,16H2,1H3/t18-/m1/s1. The van der Waals surface area contributed by atoms with Crippen LogP contribution in [0, 0.1) is 0 Å². The lowest BCUT2D eigenvalue weighted by atomic mass is 10.1.